The minimum absolute atomic E-state index is 0.0435. The Kier molecular flexibility index (Phi) is 4.20. The fourth-order valence-electron chi connectivity index (χ4n) is 2.35. The summed E-state index contributed by atoms with van der Waals surface area (Å²) in [6.45, 7) is 5.42. The molecule has 1 aliphatic heterocycles. The molecule has 2 N–H and O–H groups in total. The van der Waals surface area contributed by atoms with E-state index in [-0.39, 0.29) is 23.2 Å². The van der Waals surface area contributed by atoms with Crippen LogP contribution in [0.5, 0.6) is 0 Å². The largest absolute Gasteiger partial charge is 0.354 e. The first-order valence-corrected chi connectivity index (χ1v) is 6.76. The fraction of sp³-hybridized carbons (Fsp3) is 0.533. The summed E-state index contributed by atoms with van der Waals surface area (Å²) in [6.07, 6.45) is 1.94. The van der Waals surface area contributed by atoms with Crippen molar-refractivity contribution in [3.8, 4) is 0 Å². The van der Waals surface area contributed by atoms with Crippen LogP contribution in [0.3, 0.4) is 0 Å². The van der Waals surface area contributed by atoms with Crippen LogP contribution >= 0.6 is 0 Å². The van der Waals surface area contributed by atoms with E-state index in [2.05, 4.69) is 10.6 Å². The van der Waals surface area contributed by atoms with Crippen molar-refractivity contribution < 1.29 is 9.18 Å². The van der Waals surface area contributed by atoms with Gasteiger partial charge in [-0.05, 0) is 37.1 Å². The van der Waals surface area contributed by atoms with E-state index in [1.165, 1.54) is 12.1 Å². The average Bonchev–Trinajstić information content (AvgIpc) is 2.90. The van der Waals surface area contributed by atoms with Gasteiger partial charge in [-0.1, -0.05) is 26.0 Å². The number of nitrogens with one attached hydrogen (secondary N) is 2. The summed E-state index contributed by atoms with van der Waals surface area (Å²) in [7, 11) is 0. The molecular formula is C15H21FN2O. The Hall–Kier alpha value is -1.42. The van der Waals surface area contributed by atoms with Crippen molar-refractivity contribution in [2.24, 2.45) is 0 Å². The summed E-state index contributed by atoms with van der Waals surface area (Å²) >= 11 is 0. The third-order valence-corrected chi connectivity index (χ3v) is 3.69. The second-order valence-electron chi connectivity index (χ2n) is 5.76. The summed E-state index contributed by atoms with van der Waals surface area (Å²) in [5, 5.41) is 6.13. The molecule has 4 heteroatoms. The van der Waals surface area contributed by atoms with Gasteiger partial charge in [-0.2, -0.15) is 0 Å². The summed E-state index contributed by atoms with van der Waals surface area (Å²) in [6, 6.07) is 6.49. The van der Waals surface area contributed by atoms with E-state index in [0.29, 0.717) is 6.54 Å². The van der Waals surface area contributed by atoms with Crippen molar-refractivity contribution in [2.45, 2.75) is 38.1 Å². The molecule has 1 aromatic carbocycles. The lowest BCUT2D eigenvalue weighted by molar-refractivity contribution is -0.123. The molecule has 1 fully saturated rings. The molecule has 1 heterocycles. The number of benzene rings is 1. The number of rotatable bonds is 4. The van der Waals surface area contributed by atoms with Gasteiger partial charge in [0.2, 0.25) is 5.91 Å². The van der Waals surface area contributed by atoms with Gasteiger partial charge in [0.25, 0.3) is 0 Å². The molecule has 0 bridgehead atoms. The Bertz CT molecular complexity index is 453. The van der Waals surface area contributed by atoms with Crippen LogP contribution in [0.25, 0.3) is 0 Å². The first kappa shape index (κ1) is 14.0. The normalized spacial score (nSPS) is 19.4. The van der Waals surface area contributed by atoms with Crippen LogP contribution in [0.2, 0.25) is 0 Å². The first-order valence-electron chi connectivity index (χ1n) is 6.76. The van der Waals surface area contributed by atoms with Crippen LogP contribution in [-0.4, -0.2) is 25.0 Å². The van der Waals surface area contributed by atoms with Crippen molar-refractivity contribution in [3.05, 3.63) is 35.6 Å². The van der Waals surface area contributed by atoms with Crippen molar-refractivity contribution in [2.75, 3.05) is 13.1 Å². The molecule has 0 spiro atoms. The molecular weight excluding hydrogens is 243 g/mol. The van der Waals surface area contributed by atoms with Gasteiger partial charge < -0.3 is 10.6 Å². The Morgan fingerprint density at radius 3 is 2.95 bits per heavy atom. The Balaban J connectivity index is 1.95. The van der Waals surface area contributed by atoms with Gasteiger partial charge in [0.15, 0.2) is 0 Å². The van der Waals surface area contributed by atoms with E-state index in [9.17, 15) is 9.18 Å². The quantitative estimate of drug-likeness (QED) is 0.873. The van der Waals surface area contributed by atoms with E-state index >= 15 is 0 Å². The van der Waals surface area contributed by atoms with Gasteiger partial charge in [0.05, 0.1) is 6.04 Å². The minimum Gasteiger partial charge on any atom is -0.354 e. The zero-order valence-corrected chi connectivity index (χ0v) is 11.5. The molecule has 1 saturated heterocycles. The molecule has 0 aliphatic carbocycles. The van der Waals surface area contributed by atoms with Crippen LogP contribution in [0.4, 0.5) is 4.39 Å². The fourth-order valence-corrected chi connectivity index (χ4v) is 2.35. The molecule has 19 heavy (non-hydrogen) atoms. The molecule has 2 rings (SSSR count). The van der Waals surface area contributed by atoms with Crippen LogP contribution < -0.4 is 10.6 Å². The third kappa shape index (κ3) is 3.53. The SMILES string of the molecule is CC(C)(CNC(=O)C1CCCN1)c1cccc(F)c1. The highest BCUT2D eigenvalue weighted by molar-refractivity contribution is 5.82. The van der Waals surface area contributed by atoms with E-state index in [0.717, 1.165) is 24.9 Å². The number of carbonyl (C=O) groups excluding carboxylic acids is 1. The molecule has 1 atom stereocenters. The van der Waals surface area contributed by atoms with E-state index in [1.54, 1.807) is 6.07 Å². The number of hydrogen-bond acceptors (Lipinski definition) is 2. The number of halogens is 1. The Morgan fingerprint density at radius 1 is 1.53 bits per heavy atom. The first-order chi connectivity index (χ1) is 8.99. The molecule has 0 saturated carbocycles. The molecule has 3 nitrogen and oxygen atoms in total. The number of amides is 1. The maximum Gasteiger partial charge on any atom is 0.237 e. The summed E-state index contributed by atoms with van der Waals surface area (Å²) in [4.78, 5) is 11.9. The minimum atomic E-state index is -0.281. The van der Waals surface area contributed by atoms with Crippen LogP contribution in [-0.2, 0) is 10.2 Å². The van der Waals surface area contributed by atoms with Gasteiger partial charge >= 0.3 is 0 Å². The molecule has 1 aromatic rings. The standard InChI is InChI=1S/C15H21FN2O/c1-15(2,11-5-3-6-12(16)9-11)10-18-14(19)13-7-4-8-17-13/h3,5-6,9,13,17H,4,7-8,10H2,1-2H3,(H,18,19). The number of carbonyl (C=O) groups is 1. The van der Waals surface area contributed by atoms with Crippen LogP contribution in [0.1, 0.15) is 32.3 Å². The summed E-state index contributed by atoms with van der Waals surface area (Å²) in [5.41, 5.74) is 0.614. The van der Waals surface area contributed by atoms with Crippen molar-refractivity contribution in [1.82, 2.24) is 10.6 Å². The van der Waals surface area contributed by atoms with Crippen molar-refractivity contribution >= 4 is 5.91 Å². The summed E-state index contributed by atoms with van der Waals surface area (Å²) < 4.78 is 13.2. The Morgan fingerprint density at radius 2 is 2.32 bits per heavy atom. The molecule has 1 amide bonds. The average molecular weight is 264 g/mol. The van der Waals surface area contributed by atoms with E-state index in [1.807, 2.05) is 19.9 Å². The second kappa shape index (κ2) is 5.70. The van der Waals surface area contributed by atoms with E-state index in [4.69, 9.17) is 0 Å². The molecule has 1 aliphatic rings. The lowest BCUT2D eigenvalue weighted by atomic mass is 9.84. The molecule has 104 valence electrons. The van der Waals surface area contributed by atoms with Crippen LogP contribution in [0.15, 0.2) is 24.3 Å². The smallest absolute Gasteiger partial charge is 0.237 e. The highest BCUT2D eigenvalue weighted by Gasteiger charge is 2.26. The molecule has 0 radical (unpaired) electrons. The molecule has 1 unspecified atom stereocenters. The third-order valence-electron chi connectivity index (χ3n) is 3.69. The lowest BCUT2D eigenvalue weighted by Gasteiger charge is -2.26. The molecule has 0 aromatic heterocycles. The Labute approximate surface area is 113 Å². The maximum absolute atomic E-state index is 13.2. The van der Waals surface area contributed by atoms with Crippen molar-refractivity contribution in [3.63, 3.8) is 0 Å². The van der Waals surface area contributed by atoms with Gasteiger partial charge in [-0.15, -0.1) is 0 Å². The number of hydrogen-bond donors (Lipinski definition) is 2. The van der Waals surface area contributed by atoms with E-state index < -0.39 is 0 Å². The predicted molar refractivity (Wildman–Crippen MR) is 73.5 cm³/mol. The van der Waals surface area contributed by atoms with Gasteiger partial charge in [0.1, 0.15) is 5.82 Å². The summed E-state index contributed by atoms with van der Waals surface area (Å²) in [5.74, 6) is -0.198. The van der Waals surface area contributed by atoms with Crippen molar-refractivity contribution in [1.29, 1.82) is 0 Å². The zero-order valence-electron chi connectivity index (χ0n) is 11.5. The maximum atomic E-state index is 13.2. The topological polar surface area (TPSA) is 41.1 Å². The highest BCUT2D eigenvalue weighted by Crippen LogP contribution is 2.23. The monoisotopic (exact) mass is 264 g/mol. The lowest BCUT2D eigenvalue weighted by Crippen LogP contribution is -2.45. The second-order valence-corrected chi connectivity index (χ2v) is 5.76. The van der Waals surface area contributed by atoms with Gasteiger partial charge in [-0.3, -0.25) is 4.79 Å². The highest BCUT2D eigenvalue weighted by atomic mass is 19.1. The van der Waals surface area contributed by atoms with Gasteiger partial charge in [-0.25, -0.2) is 4.39 Å². The zero-order chi connectivity index (χ0) is 13.9. The van der Waals surface area contributed by atoms with Gasteiger partial charge in [0, 0.05) is 12.0 Å². The van der Waals surface area contributed by atoms with Crippen LogP contribution in [0, 0.1) is 5.82 Å². The predicted octanol–water partition coefficient (Wildman–Crippen LogP) is 1.97.